The Labute approximate surface area is 116 Å². The number of hydrogen-bond donors (Lipinski definition) is 1. The summed E-state index contributed by atoms with van der Waals surface area (Å²) in [5.74, 6) is -1.08. The summed E-state index contributed by atoms with van der Waals surface area (Å²) in [5, 5.41) is 10.7. The summed E-state index contributed by atoms with van der Waals surface area (Å²) in [6.45, 7) is 3.83. The van der Waals surface area contributed by atoms with Crippen LogP contribution >= 0.6 is 0 Å². The van der Waals surface area contributed by atoms with E-state index in [1.807, 2.05) is 19.9 Å². The molecule has 3 nitrogen and oxygen atoms in total. The third kappa shape index (κ3) is 1.50. The fraction of sp³-hybridized carbons (Fsp3) is 0.176. The van der Waals surface area contributed by atoms with Crippen LogP contribution in [0, 0.1) is 13.8 Å². The summed E-state index contributed by atoms with van der Waals surface area (Å²) in [7, 11) is 0. The number of aliphatic hydroxyl groups is 1. The molecule has 0 amide bonds. The lowest BCUT2D eigenvalue weighted by Crippen LogP contribution is -2.38. The van der Waals surface area contributed by atoms with E-state index in [0.29, 0.717) is 16.7 Å². The van der Waals surface area contributed by atoms with E-state index in [1.165, 1.54) is 0 Å². The first-order valence-corrected chi connectivity index (χ1v) is 6.45. The van der Waals surface area contributed by atoms with E-state index in [-0.39, 0.29) is 0 Å². The average molecular weight is 266 g/mol. The molecule has 0 spiro atoms. The maximum atomic E-state index is 12.5. The van der Waals surface area contributed by atoms with Crippen LogP contribution in [-0.2, 0) is 5.60 Å². The molecule has 0 fully saturated rings. The lowest BCUT2D eigenvalue weighted by atomic mass is 9.87. The van der Waals surface area contributed by atoms with Crippen LogP contribution in [0.2, 0.25) is 0 Å². The van der Waals surface area contributed by atoms with E-state index in [9.17, 15) is 14.7 Å². The van der Waals surface area contributed by atoms with E-state index in [0.717, 1.165) is 11.1 Å². The van der Waals surface area contributed by atoms with Gasteiger partial charge in [-0.2, -0.15) is 0 Å². The first-order chi connectivity index (χ1) is 9.46. The predicted octanol–water partition coefficient (Wildman–Crippen LogP) is 2.57. The molecule has 0 unspecified atom stereocenters. The highest BCUT2D eigenvalue weighted by Gasteiger charge is 2.52. The van der Waals surface area contributed by atoms with Gasteiger partial charge in [0.25, 0.3) is 0 Å². The van der Waals surface area contributed by atoms with Gasteiger partial charge in [-0.3, -0.25) is 9.59 Å². The second kappa shape index (κ2) is 4.12. The number of Topliss-reactive ketones (excluding diaryl/α,β-unsaturated/α-hetero) is 2. The molecule has 2 aromatic rings. The zero-order valence-corrected chi connectivity index (χ0v) is 11.3. The van der Waals surface area contributed by atoms with E-state index in [1.54, 1.807) is 36.4 Å². The number of benzene rings is 2. The van der Waals surface area contributed by atoms with Crippen molar-refractivity contribution < 1.29 is 14.7 Å². The van der Waals surface area contributed by atoms with Crippen LogP contribution in [0.4, 0.5) is 0 Å². The summed E-state index contributed by atoms with van der Waals surface area (Å²) in [5.41, 5.74) is 0.825. The topological polar surface area (TPSA) is 54.4 Å². The molecule has 0 aliphatic heterocycles. The highest BCUT2D eigenvalue weighted by atomic mass is 16.3. The Balaban J connectivity index is 2.21. The van der Waals surface area contributed by atoms with Gasteiger partial charge in [-0.15, -0.1) is 0 Å². The minimum Gasteiger partial charge on any atom is -0.370 e. The maximum absolute atomic E-state index is 12.5. The number of fused-ring (bicyclic) bond motifs is 1. The quantitative estimate of drug-likeness (QED) is 0.807. The summed E-state index contributed by atoms with van der Waals surface area (Å²) in [6.07, 6.45) is 0. The number of carbonyl (C=O) groups excluding carboxylic acids is 2. The molecule has 100 valence electrons. The van der Waals surface area contributed by atoms with Gasteiger partial charge in [0, 0.05) is 11.1 Å². The van der Waals surface area contributed by atoms with Gasteiger partial charge in [0.1, 0.15) is 0 Å². The van der Waals surface area contributed by atoms with Gasteiger partial charge in [-0.1, -0.05) is 42.5 Å². The van der Waals surface area contributed by atoms with Gasteiger partial charge in [0.05, 0.1) is 0 Å². The highest BCUT2D eigenvalue weighted by Crippen LogP contribution is 2.38. The third-order valence-corrected chi connectivity index (χ3v) is 4.00. The van der Waals surface area contributed by atoms with Crippen molar-refractivity contribution in [2.45, 2.75) is 19.4 Å². The Bertz CT molecular complexity index is 709. The fourth-order valence-electron chi connectivity index (χ4n) is 2.60. The van der Waals surface area contributed by atoms with Gasteiger partial charge in [0.15, 0.2) is 0 Å². The number of rotatable bonds is 1. The summed E-state index contributed by atoms with van der Waals surface area (Å²) in [4.78, 5) is 24.9. The van der Waals surface area contributed by atoms with Crippen LogP contribution in [0.1, 0.15) is 37.4 Å². The molecule has 3 heteroatoms. The minimum atomic E-state index is -2.08. The van der Waals surface area contributed by atoms with Crippen LogP contribution in [0.5, 0.6) is 0 Å². The highest BCUT2D eigenvalue weighted by molar-refractivity contribution is 6.31. The van der Waals surface area contributed by atoms with E-state index < -0.39 is 17.2 Å². The molecular formula is C17H14O3. The predicted molar refractivity (Wildman–Crippen MR) is 74.9 cm³/mol. The monoisotopic (exact) mass is 266 g/mol. The molecule has 20 heavy (non-hydrogen) atoms. The number of aryl methyl sites for hydroxylation is 2. The van der Waals surface area contributed by atoms with Crippen LogP contribution in [0.3, 0.4) is 0 Å². The van der Waals surface area contributed by atoms with Crippen molar-refractivity contribution in [2.24, 2.45) is 0 Å². The molecule has 1 aliphatic rings. The van der Waals surface area contributed by atoms with Crippen molar-refractivity contribution >= 4 is 11.6 Å². The summed E-state index contributed by atoms with van der Waals surface area (Å²) < 4.78 is 0. The molecule has 0 saturated carbocycles. The van der Waals surface area contributed by atoms with Gasteiger partial charge < -0.3 is 5.11 Å². The lowest BCUT2D eigenvalue weighted by molar-refractivity contribution is 0.0321. The zero-order chi connectivity index (χ0) is 14.5. The van der Waals surface area contributed by atoms with Crippen molar-refractivity contribution in [3.63, 3.8) is 0 Å². The van der Waals surface area contributed by atoms with Crippen LogP contribution in [-0.4, -0.2) is 16.7 Å². The fourth-order valence-corrected chi connectivity index (χ4v) is 2.60. The maximum Gasteiger partial charge on any atom is 0.216 e. The molecule has 0 bridgehead atoms. The molecule has 0 saturated heterocycles. The van der Waals surface area contributed by atoms with Crippen molar-refractivity contribution in [1.82, 2.24) is 0 Å². The SMILES string of the molecule is Cc1ccc(C2(O)C(=O)c3ccccc3C2=O)cc1C. The standard InChI is InChI=1S/C17H14O3/c1-10-7-8-12(9-11(10)2)17(20)15(18)13-5-3-4-6-14(13)16(17)19/h3-9,20H,1-2H3. The van der Waals surface area contributed by atoms with E-state index in [2.05, 4.69) is 0 Å². The molecule has 0 heterocycles. The van der Waals surface area contributed by atoms with Crippen LogP contribution in [0.15, 0.2) is 42.5 Å². The second-order valence-electron chi connectivity index (χ2n) is 5.21. The second-order valence-corrected chi connectivity index (χ2v) is 5.21. The first-order valence-electron chi connectivity index (χ1n) is 6.45. The smallest absolute Gasteiger partial charge is 0.216 e. The number of ketones is 2. The molecule has 0 atom stereocenters. The molecule has 2 aromatic carbocycles. The van der Waals surface area contributed by atoms with Gasteiger partial charge in [0.2, 0.25) is 17.2 Å². The molecule has 3 rings (SSSR count). The Morgan fingerprint density at radius 1 is 0.850 bits per heavy atom. The van der Waals surface area contributed by atoms with Crippen molar-refractivity contribution in [1.29, 1.82) is 0 Å². The number of carbonyl (C=O) groups is 2. The van der Waals surface area contributed by atoms with Crippen molar-refractivity contribution in [2.75, 3.05) is 0 Å². The van der Waals surface area contributed by atoms with Gasteiger partial charge in [-0.25, -0.2) is 0 Å². The third-order valence-electron chi connectivity index (χ3n) is 4.00. The number of hydrogen-bond acceptors (Lipinski definition) is 3. The zero-order valence-electron chi connectivity index (χ0n) is 11.3. The first kappa shape index (κ1) is 12.8. The van der Waals surface area contributed by atoms with Crippen LogP contribution in [0.25, 0.3) is 0 Å². The van der Waals surface area contributed by atoms with E-state index in [4.69, 9.17) is 0 Å². The van der Waals surface area contributed by atoms with Gasteiger partial charge >= 0.3 is 0 Å². The molecule has 0 aromatic heterocycles. The van der Waals surface area contributed by atoms with Gasteiger partial charge in [-0.05, 0) is 30.5 Å². The summed E-state index contributed by atoms with van der Waals surface area (Å²) in [6, 6.07) is 11.7. The van der Waals surface area contributed by atoms with Crippen molar-refractivity contribution in [3.05, 3.63) is 70.3 Å². The molecule has 1 N–H and O–H groups in total. The molecule has 1 aliphatic carbocycles. The largest absolute Gasteiger partial charge is 0.370 e. The minimum absolute atomic E-state index is 0.290. The Kier molecular flexibility index (Phi) is 2.63. The molecular weight excluding hydrogens is 252 g/mol. The van der Waals surface area contributed by atoms with Crippen molar-refractivity contribution in [3.8, 4) is 0 Å². The summed E-state index contributed by atoms with van der Waals surface area (Å²) >= 11 is 0. The lowest BCUT2D eigenvalue weighted by Gasteiger charge is -2.20. The van der Waals surface area contributed by atoms with Crippen LogP contribution < -0.4 is 0 Å². The van der Waals surface area contributed by atoms with E-state index >= 15 is 0 Å². The Morgan fingerprint density at radius 3 is 1.90 bits per heavy atom. The Hall–Kier alpha value is -2.26. The molecule has 0 radical (unpaired) electrons. The normalized spacial score (nSPS) is 16.4. The Morgan fingerprint density at radius 2 is 1.40 bits per heavy atom. The average Bonchev–Trinajstić information content (AvgIpc) is 2.65.